The van der Waals surface area contributed by atoms with Crippen molar-refractivity contribution in [3.8, 4) is 0 Å². The average molecular weight is 377 g/mol. The normalized spacial score (nSPS) is 21.5. The van der Waals surface area contributed by atoms with Gasteiger partial charge in [0.25, 0.3) is 0 Å². The van der Waals surface area contributed by atoms with Crippen LogP contribution in [-0.2, 0) is 26.3 Å². The molecule has 0 aromatic heterocycles. The largest absolute Gasteiger partial charge is 0.306 e. The minimum absolute atomic E-state index is 0.0755. The van der Waals surface area contributed by atoms with Crippen LogP contribution in [0.1, 0.15) is 17.5 Å². The number of hydrogen-bond donors (Lipinski definition) is 1. The van der Waals surface area contributed by atoms with E-state index in [-0.39, 0.29) is 13.0 Å². The minimum atomic E-state index is -1.67. The molecule has 26 heavy (non-hydrogen) atoms. The molecule has 3 amide bonds. The smallest absolute Gasteiger partial charge is 0.248 e. The summed E-state index contributed by atoms with van der Waals surface area (Å²) in [4.78, 5) is 38.6. The Labute approximate surface area is 151 Å². The maximum atomic E-state index is 13.5. The first-order valence-electron chi connectivity index (χ1n) is 7.73. The van der Waals surface area contributed by atoms with E-state index in [2.05, 4.69) is 5.32 Å². The van der Waals surface area contributed by atoms with Crippen LogP contribution in [0.3, 0.4) is 0 Å². The van der Waals surface area contributed by atoms with Gasteiger partial charge in [0.05, 0.1) is 13.0 Å². The van der Waals surface area contributed by atoms with Gasteiger partial charge in [0.2, 0.25) is 17.7 Å². The summed E-state index contributed by atoms with van der Waals surface area (Å²) in [5.74, 6) is -3.88. The van der Waals surface area contributed by atoms with Crippen LogP contribution in [0.5, 0.6) is 0 Å². The Morgan fingerprint density at radius 2 is 1.85 bits per heavy atom. The molecular weight excluding hydrogens is 366 g/mol. The van der Waals surface area contributed by atoms with E-state index in [9.17, 15) is 23.2 Å². The molecule has 8 heteroatoms. The molecule has 1 spiro atoms. The second kappa shape index (κ2) is 5.60. The summed E-state index contributed by atoms with van der Waals surface area (Å²) in [5, 5.41) is 2.48. The molecule has 1 atom stereocenters. The predicted molar refractivity (Wildman–Crippen MR) is 88.4 cm³/mol. The summed E-state index contributed by atoms with van der Waals surface area (Å²) in [5.41, 5.74) is -0.578. The SMILES string of the molecule is O=C1CC2(C(=O)N1)C(=O)N(Cc1ccc(F)c(F)c1)c1ccc(Cl)cc12. The lowest BCUT2D eigenvalue weighted by Crippen LogP contribution is -2.45. The molecule has 1 saturated heterocycles. The number of nitrogens with zero attached hydrogens (tertiary/aromatic N) is 1. The molecule has 2 aliphatic rings. The summed E-state index contributed by atoms with van der Waals surface area (Å²) in [6, 6.07) is 7.92. The number of amides is 3. The fourth-order valence-corrected chi connectivity index (χ4v) is 3.68. The quantitative estimate of drug-likeness (QED) is 0.646. The van der Waals surface area contributed by atoms with Gasteiger partial charge in [-0.15, -0.1) is 0 Å². The maximum absolute atomic E-state index is 13.5. The number of fused-ring (bicyclic) bond motifs is 2. The number of hydrogen-bond acceptors (Lipinski definition) is 3. The van der Waals surface area contributed by atoms with Gasteiger partial charge < -0.3 is 4.90 Å². The van der Waals surface area contributed by atoms with E-state index in [1.54, 1.807) is 12.1 Å². The van der Waals surface area contributed by atoms with Crippen LogP contribution in [-0.4, -0.2) is 17.7 Å². The highest BCUT2D eigenvalue weighted by Gasteiger charge is 2.61. The Bertz CT molecular complexity index is 994. The lowest BCUT2D eigenvalue weighted by Gasteiger charge is -2.21. The molecule has 1 fully saturated rings. The van der Waals surface area contributed by atoms with E-state index in [4.69, 9.17) is 11.6 Å². The van der Waals surface area contributed by atoms with Crippen molar-refractivity contribution in [1.29, 1.82) is 0 Å². The van der Waals surface area contributed by atoms with E-state index in [0.29, 0.717) is 21.8 Å². The van der Waals surface area contributed by atoms with Crippen molar-refractivity contribution in [1.82, 2.24) is 5.32 Å². The van der Waals surface area contributed by atoms with Crippen molar-refractivity contribution in [2.45, 2.75) is 18.4 Å². The molecule has 4 rings (SSSR count). The number of anilines is 1. The van der Waals surface area contributed by atoms with Gasteiger partial charge >= 0.3 is 0 Å². The summed E-state index contributed by atoms with van der Waals surface area (Å²) in [6.45, 7) is -0.0755. The number of halogens is 3. The van der Waals surface area contributed by atoms with E-state index in [1.807, 2.05) is 0 Å². The fourth-order valence-electron chi connectivity index (χ4n) is 3.51. The number of carbonyl (C=O) groups is 3. The first-order valence-corrected chi connectivity index (χ1v) is 8.11. The van der Waals surface area contributed by atoms with E-state index < -0.39 is 34.8 Å². The van der Waals surface area contributed by atoms with Crippen molar-refractivity contribution in [3.05, 3.63) is 64.2 Å². The molecule has 0 radical (unpaired) electrons. The molecule has 2 heterocycles. The van der Waals surface area contributed by atoms with Crippen LogP contribution >= 0.6 is 11.6 Å². The zero-order valence-electron chi connectivity index (χ0n) is 13.2. The van der Waals surface area contributed by atoms with Gasteiger partial charge in [-0.3, -0.25) is 19.7 Å². The Morgan fingerprint density at radius 1 is 1.08 bits per heavy atom. The molecule has 0 bridgehead atoms. The lowest BCUT2D eigenvalue weighted by molar-refractivity contribution is -0.133. The van der Waals surface area contributed by atoms with Gasteiger partial charge in [-0.25, -0.2) is 8.78 Å². The van der Waals surface area contributed by atoms with Crippen LogP contribution in [0.2, 0.25) is 5.02 Å². The summed E-state index contributed by atoms with van der Waals surface area (Å²) < 4.78 is 26.6. The summed E-state index contributed by atoms with van der Waals surface area (Å²) >= 11 is 6.03. The van der Waals surface area contributed by atoms with Crippen LogP contribution in [0, 0.1) is 11.6 Å². The molecule has 2 aromatic carbocycles. The Kier molecular flexibility index (Phi) is 3.59. The second-order valence-corrected chi connectivity index (χ2v) is 6.70. The number of nitrogens with one attached hydrogen (secondary N) is 1. The standard InChI is InChI=1S/C18H11ClF2N2O3/c19-10-2-4-14-11(6-10)18(7-15(24)22-16(18)25)17(26)23(14)8-9-1-3-12(20)13(21)5-9/h1-6H,7-8H2,(H,22,24,25). The molecule has 1 N–H and O–H groups in total. The van der Waals surface area contributed by atoms with Crippen molar-refractivity contribution < 1.29 is 23.2 Å². The van der Waals surface area contributed by atoms with Crippen molar-refractivity contribution in [3.63, 3.8) is 0 Å². The van der Waals surface area contributed by atoms with Crippen molar-refractivity contribution >= 4 is 35.0 Å². The molecule has 132 valence electrons. The topological polar surface area (TPSA) is 66.5 Å². The van der Waals surface area contributed by atoms with Crippen LogP contribution in [0.25, 0.3) is 0 Å². The van der Waals surface area contributed by atoms with E-state index in [0.717, 1.165) is 12.1 Å². The monoisotopic (exact) mass is 376 g/mol. The number of imide groups is 1. The van der Waals surface area contributed by atoms with Gasteiger partial charge in [0.15, 0.2) is 17.0 Å². The molecule has 2 aliphatic heterocycles. The third-order valence-corrected chi connectivity index (χ3v) is 4.95. The molecule has 5 nitrogen and oxygen atoms in total. The second-order valence-electron chi connectivity index (χ2n) is 6.26. The number of benzene rings is 2. The van der Waals surface area contributed by atoms with Gasteiger partial charge in [-0.1, -0.05) is 17.7 Å². The van der Waals surface area contributed by atoms with E-state index >= 15 is 0 Å². The van der Waals surface area contributed by atoms with Crippen LogP contribution in [0.15, 0.2) is 36.4 Å². The first kappa shape index (κ1) is 16.7. The third-order valence-electron chi connectivity index (χ3n) is 4.71. The van der Waals surface area contributed by atoms with Gasteiger partial charge in [0.1, 0.15) is 0 Å². The maximum Gasteiger partial charge on any atom is 0.248 e. The van der Waals surface area contributed by atoms with Crippen LogP contribution < -0.4 is 10.2 Å². The molecule has 0 aliphatic carbocycles. The minimum Gasteiger partial charge on any atom is -0.306 e. The van der Waals surface area contributed by atoms with Gasteiger partial charge in [-0.2, -0.15) is 0 Å². The number of rotatable bonds is 2. The highest BCUT2D eigenvalue weighted by molar-refractivity contribution is 6.32. The highest BCUT2D eigenvalue weighted by atomic mass is 35.5. The molecule has 1 unspecified atom stereocenters. The van der Waals surface area contributed by atoms with Gasteiger partial charge in [-0.05, 0) is 35.9 Å². The Hall–Kier alpha value is -2.80. The summed E-state index contributed by atoms with van der Waals surface area (Å²) in [7, 11) is 0. The molecular formula is C18H11ClF2N2O3. The zero-order chi connectivity index (χ0) is 18.6. The molecule has 0 saturated carbocycles. The molecule has 2 aromatic rings. The van der Waals surface area contributed by atoms with E-state index in [1.165, 1.54) is 17.0 Å². The first-order chi connectivity index (χ1) is 12.3. The highest BCUT2D eigenvalue weighted by Crippen LogP contribution is 2.47. The average Bonchev–Trinajstić information content (AvgIpc) is 3.01. The van der Waals surface area contributed by atoms with Crippen molar-refractivity contribution in [2.24, 2.45) is 0 Å². The number of carbonyl (C=O) groups excluding carboxylic acids is 3. The third kappa shape index (κ3) is 2.24. The fraction of sp³-hybridized carbons (Fsp3) is 0.167. The predicted octanol–water partition coefficient (Wildman–Crippen LogP) is 2.45. The van der Waals surface area contributed by atoms with Gasteiger partial charge in [0, 0.05) is 16.3 Å². The Balaban J connectivity index is 1.82. The lowest BCUT2D eigenvalue weighted by atomic mass is 9.80. The zero-order valence-corrected chi connectivity index (χ0v) is 13.9. The summed E-state index contributed by atoms with van der Waals surface area (Å²) in [6.07, 6.45) is -0.313. The van der Waals surface area contributed by atoms with Crippen LogP contribution in [0.4, 0.5) is 14.5 Å². The Morgan fingerprint density at radius 3 is 2.50 bits per heavy atom. The van der Waals surface area contributed by atoms with Crippen molar-refractivity contribution in [2.75, 3.05) is 4.90 Å².